The van der Waals surface area contributed by atoms with Crippen molar-refractivity contribution < 1.29 is 14.8 Å². The van der Waals surface area contributed by atoms with E-state index in [0.29, 0.717) is 25.8 Å². The van der Waals surface area contributed by atoms with E-state index in [-0.39, 0.29) is 24.9 Å². The van der Waals surface area contributed by atoms with Gasteiger partial charge in [-0.3, -0.25) is 4.79 Å². The average Bonchev–Trinajstić information content (AvgIpc) is 3.08. The molecule has 0 bridgehead atoms. The number of carbonyl (C=O) groups is 1. The van der Waals surface area contributed by atoms with Crippen LogP contribution in [0, 0.1) is 0 Å². The first-order chi connectivity index (χ1) is 13.1. The molecule has 0 fully saturated rings. The van der Waals surface area contributed by atoms with Gasteiger partial charge in [-0.2, -0.15) is 5.10 Å². The third-order valence-corrected chi connectivity index (χ3v) is 4.37. The molecule has 1 atom stereocenters. The number of hydrogen-bond acceptors (Lipinski definition) is 6. The van der Waals surface area contributed by atoms with Crippen LogP contribution in [0.5, 0.6) is 0 Å². The number of nitrogens with two attached hydrogens (primary N) is 1. The second-order valence-corrected chi connectivity index (χ2v) is 6.55. The molecule has 2 aromatic rings. The zero-order valence-electron chi connectivity index (χ0n) is 15.9. The molecule has 28 heavy (non-hydrogen) atoms. The number of halogens is 1. The van der Waals surface area contributed by atoms with Crippen LogP contribution < -0.4 is 11.1 Å². The van der Waals surface area contributed by atoms with Crippen LogP contribution in [0.2, 0.25) is 0 Å². The molecular formula is C18H29BClN5O3. The molecule has 0 aliphatic carbocycles. The highest BCUT2D eigenvalue weighted by atomic mass is 35.5. The molecule has 5 N–H and O–H groups in total. The van der Waals surface area contributed by atoms with Crippen molar-refractivity contribution in [3.05, 3.63) is 48.0 Å². The Morgan fingerprint density at radius 2 is 1.93 bits per heavy atom. The van der Waals surface area contributed by atoms with Crippen LogP contribution in [0.15, 0.2) is 36.7 Å². The third-order valence-electron chi connectivity index (χ3n) is 4.37. The number of benzene rings is 1. The van der Waals surface area contributed by atoms with Crippen LogP contribution in [0.25, 0.3) is 0 Å². The second-order valence-electron chi connectivity index (χ2n) is 6.55. The van der Waals surface area contributed by atoms with E-state index in [4.69, 9.17) is 5.73 Å². The van der Waals surface area contributed by atoms with E-state index in [2.05, 4.69) is 27.5 Å². The summed E-state index contributed by atoms with van der Waals surface area (Å²) in [6.07, 6.45) is 5.93. The van der Waals surface area contributed by atoms with Crippen LogP contribution in [0.1, 0.15) is 37.1 Å². The molecule has 154 valence electrons. The number of rotatable bonds is 12. The molecule has 10 heteroatoms. The summed E-state index contributed by atoms with van der Waals surface area (Å²) in [7, 11) is -1.60. The monoisotopic (exact) mass is 409 g/mol. The van der Waals surface area contributed by atoms with E-state index in [1.165, 1.54) is 11.9 Å². The molecule has 0 aliphatic rings. The van der Waals surface area contributed by atoms with Crippen LogP contribution in [-0.2, 0) is 24.2 Å². The standard InChI is InChI=1S/C18H28BN5O3.ClH/c20-12-5-4-10-16(19(26)27)23-18(25)13-24-17(21-14-22-24)11-6-9-15-7-2-1-3-8-15;/h1-3,7-8,14,16,26-27H,4-6,9-13,20H2,(H,23,25);1H. The topological polar surface area (TPSA) is 126 Å². The first kappa shape index (κ1) is 24.1. The summed E-state index contributed by atoms with van der Waals surface area (Å²) in [5.41, 5.74) is 6.71. The van der Waals surface area contributed by atoms with Gasteiger partial charge in [0, 0.05) is 6.42 Å². The predicted octanol–water partition coefficient (Wildman–Crippen LogP) is 0.501. The average molecular weight is 410 g/mol. The maximum Gasteiger partial charge on any atom is 0.475 e. The van der Waals surface area contributed by atoms with Crippen LogP contribution >= 0.6 is 12.4 Å². The Morgan fingerprint density at radius 1 is 1.18 bits per heavy atom. The molecule has 1 unspecified atom stereocenters. The number of carbonyl (C=O) groups excluding carboxylic acids is 1. The lowest BCUT2D eigenvalue weighted by Gasteiger charge is -2.17. The lowest BCUT2D eigenvalue weighted by atomic mass is 9.76. The first-order valence-corrected chi connectivity index (χ1v) is 9.36. The van der Waals surface area contributed by atoms with Crippen molar-refractivity contribution in [1.29, 1.82) is 0 Å². The van der Waals surface area contributed by atoms with Crippen LogP contribution in [-0.4, -0.2) is 50.3 Å². The number of hydrogen-bond donors (Lipinski definition) is 4. The van der Waals surface area contributed by atoms with Gasteiger partial charge in [0.15, 0.2) is 0 Å². The minimum absolute atomic E-state index is 0. The van der Waals surface area contributed by atoms with Crippen LogP contribution in [0.3, 0.4) is 0 Å². The highest BCUT2D eigenvalue weighted by Gasteiger charge is 2.25. The quantitative estimate of drug-likeness (QED) is 0.299. The van der Waals surface area contributed by atoms with Gasteiger partial charge in [-0.05, 0) is 37.8 Å². The van der Waals surface area contributed by atoms with Gasteiger partial charge in [0.05, 0.1) is 5.94 Å². The van der Waals surface area contributed by atoms with Crippen molar-refractivity contribution in [2.24, 2.45) is 5.73 Å². The lowest BCUT2D eigenvalue weighted by Crippen LogP contribution is -2.47. The van der Waals surface area contributed by atoms with Gasteiger partial charge in [0.2, 0.25) is 5.91 Å². The number of amides is 1. The number of aromatic nitrogens is 3. The highest BCUT2D eigenvalue weighted by Crippen LogP contribution is 2.07. The van der Waals surface area contributed by atoms with Crippen molar-refractivity contribution in [2.45, 2.75) is 51.0 Å². The molecule has 8 nitrogen and oxygen atoms in total. The van der Waals surface area contributed by atoms with E-state index in [1.807, 2.05) is 18.2 Å². The lowest BCUT2D eigenvalue weighted by molar-refractivity contribution is -0.122. The van der Waals surface area contributed by atoms with E-state index < -0.39 is 13.1 Å². The molecule has 0 radical (unpaired) electrons. The Bertz CT molecular complexity index is 687. The number of unbranched alkanes of at least 4 members (excludes halogenated alkanes) is 1. The maximum absolute atomic E-state index is 12.3. The second kappa shape index (κ2) is 13.3. The van der Waals surface area contributed by atoms with Gasteiger partial charge >= 0.3 is 7.12 Å². The van der Waals surface area contributed by atoms with E-state index >= 15 is 0 Å². The minimum atomic E-state index is -1.60. The van der Waals surface area contributed by atoms with Crippen molar-refractivity contribution in [3.8, 4) is 0 Å². The van der Waals surface area contributed by atoms with E-state index in [9.17, 15) is 14.8 Å². The molecule has 0 aliphatic heterocycles. The summed E-state index contributed by atoms with van der Waals surface area (Å²) in [5.74, 6) is -0.296. The highest BCUT2D eigenvalue weighted by molar-refractivity contribution is 6.43. The normalized spacial score (nSPS) is 11.5. The van der Waals surface area contributed by atoms with Gasteiger partial charge in [-0.15, -0.1) is 12.4 Å². The molecule has 0 saturated heterocycles. The Kier molecular flexibility index (Phi) is 11.4. The molecule has 1 aromatic heterocycles. The molecule has 1 heterocycles. The fourth-order valence-electron chi connectivity index (χ4n) is 2.90. The Labute approximate surface area is 172 Å². The zero-order chi connectivity index (χ0) is 19.5. The Hall–Kier alpha value is -1.94. The summed E-state index contributed by atoms with van der Waals surface area (Å²) in [6.45, 7) is 0.536. The van der Waals surface area contributed by atoms with Crippen molar-refractivity contribution in [2.75, 3.05) is 6.54 Å². The molecule has 0 saturated carbocycles. The van der Waals surface area contributed by atoms with Gasteiger partial charge in [-0.1, -0.05) is 36.8 Å². The minimum Gasteiger partial charge on any atom is -0.426 e. The van der Waals surface area contributed by atoms with Gasteiger partial charge in [0.25, 0.3) is 0 Å². The fourth-order valence-corrected chi connectivity index (χ4v) is 2.90. The smallest absolute Gasteiger partial charge is 0.426 e. The molecule has 0 spiro atoms. The maximum atomic E-state index is 12.3. The summed E-state index contributed by atoms with van der Waals surface area (Å²) < 4.78 is 1.56. The number of aryl methyl sites for hydroxylation is 2. The molecule has 2 rings (SSSR count). The molecular weight excluding hydrogens is 380 g/mol. The summed E-state index contributed by atoms with van der Waals surface area (Å²) in [5, 5.41) is 25.6. The zero-order valence-corrected chi connectivity index (χ0v) is 16.7. The summed E-state index contributed by atoms with van der Waals surface area (Å²) >= 11 is 0. The van der Waals surface area contributed by atoms with Gasteiger partial charge < -0.3 is 21.1 Å². The predicted molar refractivity (Wildman–Crippen MR) is 111 cm³/mol. The van der Waals surface area contributed by atoms with Gasteiger partial charge in [-0.25, -0.2) is 9.67 Å². The Morgan fingerprint density at radius 3 is 2.61 bits per heavy atom. The summed E-state index contributed by atoms with van der Waals surface area (Å²) in [6, 6.07) is 10.2. The molecule has 1 amide bonds. The van der Waals surface area contributed by atoms with Crippen molar-refractivity contribution in [3.63, 3.8) is 0 Å². The SMILES string of the molecule is Cl.NCCCCC(NC(=O)Cn1ncnc1CCCc1ccccc1)B(O)O. The first-order valence-electron chi connectivity index (χ1n) is 9.36. The van der Waals surface area contributed by atoms with E-state index in [1.54, 1.807) is 4.68 Å². The van der Waals surface area contributed by atoms with Crippen LogP contribution in [0.4, 0.5) is 0 Å². The Balaban J connectivity index is 0.00000392. The third kappa shape index (κ3) is 8.39. The number of nitrogens with one attached hydrogen (secondary N) is 1. The van der Waals surface area contributed by atoms with Gasteiger partial charge in [0.1, 0.15) is 18.7 Å². The van der Waals surface area contributed by atoms with Crippen molar-refractivity contribution >= 4 is 25.4 Å². The van der Waals surface area contributed by atoms with Crippen molar-refractivity contribution in [1.82, 2.24) is 20.1 Å². The fraction of sp³-hybridized carbons (Fsp3) is 0.500. The molecule has 1 aromatic carbocycles. The summed E-state index contributed by atoms with van der Waals surface area (Å²) in [4.78, 5) is 16.5. The largest absolute Gasteiger partial charge is 0.475 e. The number of nitrogens with zero attached hydrogens (tertiary/aromatic N) is 3. The van der Waals surface area contributed by atoms with E-state index in [0.717, 1.165) is 25.1 Å².